The topological polar surface area (TPSA) is 29.1 Å². The quantitative estimate of drug-likeness (QED) is 0.649. The third-order valence-electron chi connectivity index (χ3n) is 5.00. The SMILES string of the molecule is CC.CC.O=C(NC1=CC=C(Cc2ccccc2)C1)C1(c2ccccc2)CC1. The Morgan fingerprint density at radius 1 is 0.857 bits per heavy atom. The summed E-state index contributed by atoms with van der Waals surface area (Å²) in [6, 6.07) is 20.6. The number of hydrogen-bond acceptors (Lipinski definition) is 1. The van der Waals surface area contributed by atoms with Crippen molar-refractivity contribution in [2.24, 2.45) is 0 Å². The van der Waals surface area contributed by atoms with E-state index in [9.17, 15) is 4.79 Å². The lowest BCUT2D eigenvalue weighted by Crippen LogP contribution is -2.34. The average Bonchev–Trinajstić information content (AvgIpc) is 3.48. The molecule has 1 fully saturated rings. The molecule has 0 aliphatic heterocycles. The van der Waals surface area contributed by atoms with Gasteiger partial charge in [0, 0.05) is 12.1 Å². The van der Waals surface area contributed by atoms with E-state index in [1.54, 1.807) is 0 Å². The molecular formula is C26H33NO. The van der Waals surface area contributed by atoms with Crippen LogP contribution in [0.15, 0.2) is 84.1 Å². The van der Waals surface area contributed by atoms with E-state index in [1.807, 2.05) is 52.0 Å². The molecule has 2 nitrogen and oxygen atoms in total. The predicted molar refractivity (Wildman–Crippen MR) is 119 cm³/mol. The third-order valence-corrected chi connectivity index (χ3v) is 5.00. The lowest BCUT2D eigenvalue weighted by Gasteiger charge is -2.16. The largest absolute Gasteiger partial charge is 0.329 e. The number of benzene rings is 2. The molecule has 1 amide bonds. The zero-order valence-electron chi connectivity index (χ0n) is 17.7. The molecule has 0 heterocycles. The second-order valence-corrected chi connectivity index (χ2v) is 6.76. The van der Waals surface area contributed by atoms with E-state index in [2.05, 4.69) is 53.9 Å². The highest BCUT2D eigenvalue weighted by Gasteiger charge is 2.51. The summed E-state index contributed by atoms with van der Waals surface area (Å²) in [5, 5.41) is 3.17. The Morgan fingerprint density at radius 2 is 1.43 bits per heavy atom. The molecule has 0 unspecified atom stereocenters. The summed E-state index contributed by atoms with van der Waals surface area (Å²) in [5.74, 6) is 0.148. The van der Waals surface area contributed by atoms with Crippen LogP contribution in [0.3, 0.4) is 0 Å². The first kappa shape index (κ1) is 21.7. The first-order chi connectivity index (χ1) is 13.8. The Hall–Kier alpha value is -2.61. The summed E-state index contributed by atoms with van der Waals surface area (Å²) >= 11 is 0. The van der Waals surface area contributed by atoms with Crippen LogP contribution in [0.25, 0.3) is 0 Å². The minimum absolute atomic E-state index is 0.148. The highest BCUT2D eigenvalue weighted by Crippen LogP contribution is 2.48. The smallest absolute Gasteiger partial charge is 0.234 e. The van der Waals surface area contributed by atoms with Gasteiger partial charge in [-0.05, 0) is 36.5 Å². The summed E-state index contributed by atoms with van der Waals surface area (Å²) in [6.07, 6.45) is 7.87. The Kier molecular flexibility index (Phi) is 8.25. The molecule has 1 saturated carbocycles. The van der Waals surface area contributed by atoms with Gasteiger partial charge in [0.25, 0.3) is 0 Å². The Bertz CT molecular complexity index is 799. The molecule has 2 aliphatic carbocycles. The third kappa shape index (κ3) is 5.22. The van der Waals surface area contributed by atoms with Crippen molar-refractivity contribution in [3.63, 3.8) is 0 Å². The van der Waals surface area contributed by atoms with Gasteiger partial charge >= 0.3 is 0 Å². The molecule has 2 heteroatoms. The van der Waals surface area contributed by atoms with E-state index in [-0.39, 0.29) is 11.3 Å². The predicted octanol–water partition coefficient (Wildman–Crippen LogP) is 6.34. The highest BCUT2D eigenvalue weighted by atomic mass is 16.2. The van der Waals surface area contributed by atoms with Gasteiger partial charge in [0.15, 0.2) is 0 Å². The molecule has 4 rings (SSSR count). The maximum absolute atomic E-state index is 12.8. The molecule has 148 valence electrons. The monoisotopic (exact) mass is 375 g/mol. The minimum Gasteiger partial charge on any atom is -0.329 e. The number of carbonyl (C=O) groups excluding carboxylic acids is 1. The zero-order valence-corrected chi connectivity index (χ0v) is 17.7. The molecule has 0 atom stereocenters. The number of amides is 1. The maximum atomic E-state index is 12.8. The van der Waals surface area contributed by atoms with Crippen molar-refractivity contribution in [3.8, 4) is 0 Å². The van der Waals surface area contributed by atoms with E-state index in [1.165, 1.54) is 11.1 Å². The van der Waals surface area contributed by atoms with E-state index in [4.69, 9.17) is 0 Å². The van der Waals surface area contributed by atoms with Crippen molar-refractivity contribution in [3.05, 3.63) is 95.2 Å². The second kappa shape index (κ2) is 10.7. The molecule has 0 aromatic heterocycles. The van der Waals surface area contributed by atoms with Crippen molar-refractivity contribution >= 4 is 5.91 Å². The lowest BCUT2D eigenvalue weighted by molar-refractivity contribution is -0.122. The first-order valence-electron chi connectivity index (χ1n) is 10.6. The Balaban J connectivity index is 0.000000660. The van der Waals surface area contributed by atoms with Crippen LogP contribution in [-0.2, 0) is 16.6 Å². The summed E-state index contributed by atoms with van der Waals surface area (Å²) < 4.78 is 0. The molecular weight excluding hydrogens is 342 g/mol. The molecule has 0 spiro atoms. The van der Waals surface area contributed by atoms with Gasteiger partial charge in [0.05, 0.1) is 5.41 Å². The summed E-state index contributed by atoms with van der Waals surface area (Å²) in [5.41, 5.74) is 4.52. The van der Waals surface area contributed by atoms with Crippen molar-refractivity contribution in [2.45, 2.75) is 58.8 Å². The Labute approximate surface area is 170 Å². The molecule has 0 radical (unpaired) electrons. The van der Waals surface area contributed by atoms with Crippen LogP contribution in [0.5, 0.6) is 0 Å². The molecule has 2 aliphatic rings. The van der Waals surface area contributed by atoms with Crippen molar-refractivity contribution in [1.29, 1.82) is 0 Å². The van der Waals surface area contributed by atoms with E-state index < -0.39 is 0 Å². The van der Waals surface area contributed by atoms with Gasteiger partial charge in [-0.3, -0.25) is 4.79 Å². The Morgan fingerprint density at radius 3 is 2.00 bits per heavy atom. The van der Waals surface area contributed by atoms with Gasteiger partial charge in [-0.2, -0.15) is 0 Å². The van der Waals surface area contributed by atoms with Gasteiger partial charge in [-0.15, -0.1) is 0 Å². The fourth-order valence-corrected chi connectivity index (χ4v) is 3.44. The van der Waals surface area contributed by atoms with Crippen LogP contribution in [-0.4, -0.2) is 5.91 Å². The van der Waals surface area contributed by atoms with Crippen LogP contribution in [0.4, 0.5) is 0 Å². The number of rotatable bonds is 5. The van der Waals surface area contributed by atoms with E-state index in [0.29, 0.717) is 0 Å². The molecule has 0 bridgehead atoms. The summed E-state index contributed by atoms with van der Waals surface area (Å²) in [6.45, 7) is 8.00. The van der Waals surface area contributed by atoms with Gasteiger partial charge < -0.3 is 5.32 Å². The standard InChI is InChI=1S/C22H21NO.2C2H6/c24-21(22(13-14-22)19-9-5-2-6-10-19)23-20-12-11-18(16-20)15-17-7-3-1-4-8-17;2*1-2/h1-12H,13-16H2,(H,23,24);2*1-2H3. The number of carbonyl (C=O) groups is 1. The number of allylic oxidation sites excluding steroid dienone is 3. The van der Waals surface area contributed by atoms with E-state index in [0.717, 1.165) is 36.9 Å². The van der Waals surface area contributed by atoms with Crippen LogP contribution >= 0.6 is 0 Å². The average molecular weight is 376 g/mol. The highest BCUT2D eigenvalue weighted by molar-refractivity contribution is 5.92. The summed E-state index contributed by atoms with van der Waals surface area (Å²) in [4.78, 5) is 12.8. The van der Waals surface area contributed by atoms with Gasteiger partial charge in [0.2, 0.25) is 5.91 Å². The first-order valence-corrected chi connectivity index (χ1v) is 10.6. The van der Waals surface area contributed by atoms with Crippen molar-refractivity contribution in [2.75, 3.05) is 0 Å². The van der Waals surface area contributed by atoms with Crippen LogP contribution in [0, 0.1) is 0 Å². The lowest BCUT2D eigenvalue weighted by atomic mass is 9.95. The molecule has 2 aromatic rings. The van der Waals surface area contributed by atoms with Gasteiger partial charge in [0.1, 0.15) is 0 Å². The van der Waals surface area contributed by atoms with Crippen molar-refractivity contribution < 1.29 is 4.79 Å². The van der Waals surface area contributed by atoms with E-state index >= 15 is 0 Å². The second-order valence-electron chi connectivity index (χ2n) is 6.76. The molecule has 2 aromatic carbocycles. The summed E-state index contributed by atoms with van der Waals surface area (Å²) in [7, 11) is 0. The molecule has 28 heavy (non-hydrogen) atoms. The maximum Gasteiger partial charge on any atom is 0.234 e. The number of hydrogen-bond donors (Lipinski definition) is 1. The normalized spacial score (nSPS) is 15.7. The van der Waals surface area contributed by atoms with Gasteiger partial charge in [-0.25, -0.2) is 0 Å². The van der Waals surface area contributed by atoms with Crippen LogP contribution < -0.4 is 5.32 Å². The fourth-order valence-electron chi connectivity index (χ4n) is 3.44. The molecule has 1 N–H and O–H groups in total. The van der Waals surface area contributed by atoms with Crippen LogP contribution in [0.2, 0.25) is 0 Å². The molecule has 0 saturated heterocycles. The van der Waals surface area contributed by atoms with Crippen molar-refractivity contribution in [1.82, 2.24) is 5.32 Å². The van der Waals surface area contributed by atoms with Gasteiger partial charge in [-0.1, -0.05) is 100 Å². The minimum atomic E-state index is -0.301. The number of nitrogens with one attached hydrogen (secondary N) is 1. The fraction of sp³-hybridized carbons (Fsp3) is 0.346. The van der Waals surface area contributed by atoms with Crippen LogP contribution in [0.1, 0.15) is 58.1 Å². The zero-order chi connectivity index (χ0) is 20.4.